The molecule has 0 saturated heterocycles. The summed E-state index contributed by atoms with van der Waals surface area (Å²) in [7, 11) is 0. The minimum atomic E-state index is 0.152. The maximum Gasteiger partial charge on any atom is 0.145 e. The van der Waals surface area contributed by atoms with E-state index in [0.29, 0.717) is 12.5 Å². The fourth-order valence-corrected chi connectivity index (χ4v) is 2.06. The Morgan fingerprint density at radius 1 is 1.16 bits per heavy atom. The van der Waals surface area contributed by atoms with Crippen molar-refractivity contribution in [2.45, 2.75) is 33.3 Å². The molecule has 3 nitrogen and oxygen atoms in total. The van der Waals surface area contributed by atoms with E-state index in [1.165, 1.54) is 0 Å². The van der Waals surface area contributed by atoms with Gasteiger partial charge in [0, 0.05) is 11.1 Å². The average molecular weight is 258 g/mol. The van der Waals surface area contributed by atoms with Crippen LogP contribution in [-0.4, -0.2) is 17.6 Å². The van der Waals surface area contributed by atoms with Crippen LogP contribution in [0.3, 0.4) is 0 Å². The molecule has 0 radical (unpaired) electrons. The van der Waals surface area contributed by atoms with Crippen LogP contribution < -0.4 is 10.5 Å². The summed E-state index contributed by atoms with van der Waals surface area (Å²) < 4.78 is 5.83. The quantitative estimate of drug-likeness (QED) is 0.896. The van der Waals surface area contributed by atoms with Crippen molar-refractivity contribution in [2.24, 2.45) is 11.7 Å². The summed E-state index contributed by atoms with van der Waals surface area (Å²) >= 11 is 0. The number of nitrogens with zero attached hydrogens (tertiary/aromatic N) is 1. The Morgan fingerprint density at radius 2 is 1.95 bits per heavy atom. The molecule has 1 atom stereocenters. The molecular weight excluding hydrogens is 236 g/mol. The minimum Gasteiger partial charge on any atom is -0.489 e. The molecule has 0 aliphatic rings. The van der Waals surface area contributed by atoms with Gasteiger partial charge in [-0.1, -0.05) is 25.1 Å². The summed E-state index contributed by atoms with van der Waals surface area (Å²) in [5.74, 6) is 1.30. The summed E-state index contributed by atoms with van der Waals surface area (Å²) in [6, 6.07) is 10.2. The largest absolute Gasteiger partial charge is 0.489 e. The van der Waals surface area contributed by atoms with Crippen LogP contribution in [0.15, 0.2) is 30.3 Å². The molecule has 1 aromatic carbocycles. The van der Waals surface area contributed by atoms with E-state index in [1.54, 1.807) is 0 Å². The molecule has 0 amide bonds. The normalized spacial score (nSPS) is 12.9. The number of rotatable bonds is 5. The zero-order valence-electron chi connectivity index (χ0n) is 11.9. The van der Waals surface area contributed by atoms with Crippen LogP contribution in [-0.2, 0) is 6.42 Å². The van der Waals surface area contributed by atoms with E-state index in [0.717, 1.165) is 28.8 Å². The van der Waals surface area contributed by atoms with Crippen molar-refractivity contribution < 1.29 is 4.74 Å². The van der Waals surface area contributed by atoms with Crippen molar-refractivity contribution in [1.82, 2.24) is 4.98 Å². The van der Waals surface area contributed by atoms with Crippen LogP contribution in [0.5, 0.6) is 5.75 Å². The second-order valence-electron chi connectivity index (χ2n) is 5.34. The number of hydrogen-bond donors (Lipinski definition) is 1. The molecule has 2 aromatic rings. The first kappa shape index (κ1) is 13.8. The molecule has 0 aliphatic carbocycles. The van der Waals surface area contributed by atoms with E-state index in [1.807, 2.05) is 26.0 Å². The lowest BCUT2D eigenvalue weighted by Gasteiger charge is -2.13. The number of pyridine rings is 1. The predicted molar refractivity (Wildman–Crippen MR) is 79.4 cm³/mol. The van der Waals surface area contributed by atoms with Crippen LogP contribution in [0.4, 0.5) is 0 Å². The third kappa shape index (κ3) is 3.44. The van der Waals surface area contributed by atoms with Crippen molar-refractivity contribution in [3.05, 3.63) is 36.0 Å². The van der Waals surface area contributed by atoms with E-state index in [9.17, 15) is 0 Å². The summed E-state index contributed by atoms with van der Waals surface area (Å²) in [4.78, 5) is 4.74. The van der Waals surface area contributed by atoms with Crippen molar-refractivity contribution >= 4 is 10.9 Å². The van der Waals surface area contributed by atoms with Gasteiger partial charge in [0.1, 0.15) is 11.3 Å². The molecule has 0 saturated carbocycles. The number of aromatic nitrogens is 1. The monoisotopic (exact) mass is 258 g/mol. The highest BCUT2D eigenvalue weighted by molar-refractivity contribution is 5.84. The van der Waals surface area contributed by atoms with Crippen LogP contribution in [0.1, 0.15) is 26.5 Å². The molecule has 1 heterocycles. The van der Waals surface area contributed by atoms with Crippen LogP contribution in [0.2, 0.25) is 0 Å². The van der Waals surface area contributed by atoms with Gasteiger partial charge in [0.15, 0.2) is 0 Å². The molecule has 3 heteroatoms. The Bertz CT molecular complexity index is 551. The first-order valence-corrected chi connectivity index (χ1v) is 6.85. The number of ether oxygens (including phenoxy) is 1. The number of fused-ring (bicyclic) bond motifs is 1. The highest BCUT2D eigenvalue weighted by Gasteiger charge is 2.08. The maximum atomic E-state index is 5.83. The third-order valence-electron chi connectivity index (χ3n) is 3.06. The number of para-hydroxylation sites is 1. The van der Waals surface area contributed by atoms with Crippen molar-refractivity contribution in [3.8, 4) is 5.75 Å². The Morgan fingerprint density at radius 3 is 2.63 bits per heavy atom. The summed E-state index contributed by atoms with van der Waals surface area (Å²) in [6.45, 7) is 6.88. The number of nitrogens with two attached hydrogens (primary N) is 1. The van der Waals surface area contributed by atoms with E-state index >= 15 is 0 Å². The smallest absolute Gasteiger partial charge is 0.145 e. The Hall–Kier alpha value is -1.61. The van der Waals surface area contributed by atoms with E-state index in [4.69, 9.17) is 15.5 Å². The number of hydrogen-bond acceptors (Lipinski definition) is 3. The Kier molecular flexibility index (Phi) is 4.38. The van der Waals surface area contributed by atoms with Gasteiger partial charge in [-0.05, 0) is 44.9 Å². The standard InChI is InChI=1S/C16H22N2O/c1-11(2)19-15-6-4-5-13-7-8-14(18-16(13)15)9-12(3)10-17/h4-8,11-12H,9-10,17H2,1-3H3. The van der Waals surface area contributed by atoms with E-state index < -0.39 is 0 Å². The fraction of sp³-hybridized carbons (Fsp3) is 0.438. The summed E-state index contributed by atoms with van der Waals surface area (Å²) in [5, 5.41) is 1.11. The van der Waals surface area contributed by atoms with Gasteiger partial charge in [0.05, 0.1) is 6.10 Å². The summed E-state index contributed by atoms with van der Waals surface area (Å²) in [5.41, 5.74) is 7.69. The van der Waals surface area contributed by atoms with Gasteiger partial charge < -0.3 is 10.5 Å². The fourth-order valence-electron chi connectivity index (χ4n) is 2.06. The SMILES string of the molecule is CC(CN)Cc1ccc2cccc(OC(C)C)c2n1. The lowest BCUT2D eigenvalue weighted by atomic mass is 10.0. The molecule has 1 aromatic heterocycles. The first-order valence-electron chi connectivity index (χ1n) is 6.85. The lowest BCUT2D eigenvalue weighted by molar-refractivity contribution is 0.245. The first-order chi connectivity index (χ1) is 9.10. The van der Waals surface area contributed by atoms with E-state index in [-0.39, 0.29) is 6.10 Å². The topological polar surface area (TPSA) is 48.1 Å². The molecule has 0 spiro atoms. The molecule has 0 aliphatic heterocycles. The average Bonchev–Trinajstić information content (AvgIpc) is 2.38. The molecular formula is C16H22N2O. The predicted octanol–water partition coefficient (Wildman–Crippen LogP) is 3.16. The van der Waals surface area contributed by atoms with Gasteiger partial charge in [-0.2, -0.15) is 0 Å². The number of benzene rings is 1. The Labute approximate surface area is 114 Å². The second-order valence-corrected chi connectivity index (χ2v) is 5.34. The molecule has 19 heavy (non-hydrogen) atoms. The lowest BCUT2D eigenvalue weighted by Crippen LogP contribution is -2.14. The van der Waals surface area contributed by atoms with Gasteiger partial charge >= 0.3 is 0 Å². The van der Waals surface area contributed by atoms with Gasteiger partial charge in [0.2, 0.25) is 0 Å². The van der Waals surface area contributed by atoms with Gasteiger partial charge in [-0.15, -0.1) is 0 Å². The molecule has 2 rings (SSSR count). The Balaban J connectivity index is 2.38. The van der Waals surface area contributed by atoms with Gasteiger partial charge in [-0.3, -0.25) is 0 Å². The van der Waals surface area contributed by atoms with Crippen molar-refractivity contribution in [1.29, 1.82) is 0 Å². The minimum absolute atomic E-state index is 0.152. The van der Waals surface area contributed by atoms with Crippen LogP contribution in [0, 0.1) is 5.92 Å². The van der Waals surface area contributed by atoms with Crippen LogP contribution in [0.25, 0.3) is 10.9 Å². The van der Waals surface area contributed by atoms with Crippen LogP contribution >= 0.6 is 0 Å². The van der Waals surface area contributed by atoms with Crippen molar-refractivity contribution in [2.75, 3.05) is 6.54 Å². The van der Waals surface area contributed by atoms with Crippen molar-refractivity contribution in [3.63, 3.8) is 0 Å². The second kappa shape index (κ2) is 6.02. The molecule has 2 N–H and O–H groups in total. The van der Waals surface area contributed by atoms with Gasteiger partial charge in [0.25, 0.3) is 0 Å². The zero-order valence-corrected chi connectivity index (χ0v) is 11.9. The molecule has 0 bridgehead atoms. The molecule has 102 valence electrons. The zero-order chi connectivity index (χ0) is 13.8. The molecule has 0 fully saturated rings. The van der Waals surface area contributed by atoms with E-state index in [2.05, 4.69) is 25.1 Å². The van der Waals surface area contributed by atoms with Gasteiger partial charge in [-0.25, -0.2) is 4.98 Å². The molecule has 1 unspecified atom stereocenters. The highest BCUT2D eigenvalue weighted by Crippen LogP contribution is 2.25. The highest BCUT2D eigenvalue weighted by atomic mass is 16.5. The maximum absolute atomic E-state index is 5.83. The summed E-state index contributed by atoms with van der Waals surface area (Å²) in [6.07, 6.45) is 1.06. The third-order valence-corrected chi connectivity index (χ3v) is 3.06.